The molecule has 2 aliphatic heterocycles. The predicted octanol–water partition coefficient (Wildman–Crippen LogP) is 0.220. The summed E-state index contributed by atoms with van der Waals surface area (Å²) in [6.45, 7) is 1.68. The van der Waals surface area contributed by atoms with Gasteiger partial charge in [0, 0.05) is 18.8 Å². The molecule has 2 fully saturated rings. The summed E-state index contributed by atoms with van der Waals surface area (Å²) in [5.41, 5.74) is 5.64. The Kier molecular flexibility index (Phi) is 5.07. The molecule has 2 heterocycles. The van der Waals surface area contributed by atoms with Crippen LogP contribution in [-0.2, 0) is 15.1 Å². The van der Waals surface area contributed by atoms with Gasteiger partial charge in [0.05, 0.1) is 13.1 Å². The largest absolute Gasteiger partial charge is 0.369 e. The Bertz CT molecular complexity index is 869. The maximum atomic E-state index is 13.6. The smallest absolute Gasteiger partial charge is 0.330 e. The van der Waals surface area contributed by atoms with Crippen LogP contribution in [0.2, 0.25) is 0 Å². The second-order valence-electron chi connectivity index (χ2n) is 7.73. The number of rotatable bonds is 5. The van der Waals surface area contributed by atoms with Gasteiger partial charge < -0.3 is 16.0 Å². The molecule has 0 saturated carbocycles. The average molecular weight is 393 g/mol. The number of nitrogens with one attached hydrogen (secondary N) is 2. The molecule has 150 valence electrons. The van der Waals surface area contributed by atoms with Gasteiger partial charge in [-0.05, 0) is 11.1 Å². The molecule has 0 spiro atoms. The first kappa shape index (κ1) is 19.1. The molecule has 29 heavy (non-hydrogen) atoms. The van der Waals surface area contributed by atoms with Gasteiger partial charge in [0.2, 0.25) is 5.91 Å². The highest BCUT2D eigenvalue weighted by Crippen LogP contribution is 2.35. The molecule has 2 saturated heterocycles. The number of hydrogen-bond donors (Lipinski definition) is 3. The Morgan fingerprint density at radius 2 is 1.52 bits per heavy atom. The predicted molar refractivity (Wildman–Crippen MR) is 107 cm³/mol. The lowest BCUT2D eigenvalue weighted by Crippen LogP contribution is -3.14. The van der Waals surface area contributed by atoms with Crippen molar-refractivity contribution in [1.29, 1.82) is 0 Å². The van der Waals surface area contributed by atoms with Crippen LogP contribution in [0, 0.1) is 5.92 Å². The first-order valence-corrected chi connectivity index (χ1v) is 9.90. The van der Waals surface area contributed by atoms with E-state index in [9.17, 15) is 14.4 Å². The van der Waals surface area contributed by atoms with Gasteiger partial charge >= 0.3 is 6.03 Å². The first-order valence-electron chi connectivity index (χ1n) is 9.90. The van der Waals surface area contributed by atoms with Crippen molar-refractivity contribution < 1.29 is 19.3 Å². The quantitative estimate of drug-likeness (QED) is 0.634. The van der Waals surface area contributed by atoms with Gasteiger partial charge in [0.15, 0.2) is 12.2 Å². The SMILES string of the molecule is NC(=O)C1CC[NH+](CN2C(=O)NC(c3ccccc3)(c3ccccc3)C2=O)CC1. The minimum Gasteiger partial charge on any atom is -0.369 e. The van der Waals surface area contributed by atoms with Crippen molar-refractivity contribution in [3.8, 4) is 0 Å². The fourth-order valence-electron chi connectivity index (χ4n) is 4.35. The fourth-order valence-corrected chi connectivity index (χ4v) is 4.35. The highest BCUT2D eigenvalue weighted by atomic mass is 16.2. The lowest BCUT2D eigenvalue weighted by Gasteiger charge is -2.31. The van der Waals surface area contributed by atoms with Crippen molar-refractivity contribution in [1.82, 2.24) is 10.2 Å². The van der Waals surface area contributed by atoms with Gasteiger partial charge in [0.25, 0.3) is 5.91 Å². The van der Waals surface area contributed by atoms with Gasteiger partial charge in [-0.15, -0.1) is 0 Å². The second kappa shape index (κ2) is 7.67. The number of primary amides is 1. The summed E-state index contributed by atoms with van der Waals surface area (Å²) in [5.74, 6) is -0.662. The number of amides is 4. The van der Waals surface area contributed by atoms with E-state index in [2.05, 4.69) is 5.32 Å². The minimum atomic E-state index is -1.23. The van der Waals surface area contributed by atoms with Gasteiger partial charge in [-0.2, -0.15) is 0 Å². The molecule has 0 aromatic heterocycles. The van der Waals surface area contributed by atoms with Crippen LogP contribution in [0.3, 0.4) is 0 Å². The van der Waals surface area contributed by atoms with Crippen molar-refractivity contribution in [3.05, 3.63) is 71.8 Å². The summed E-state index contributed by atoms with van der Waals surface area (Å²) in [4.78, 5) is 40.3. The maximum absolute atomic E-state index is 13.6. The molecule has 0 bridgehead atoms. The van der Waals surface area contributed by atoms with Gasteiger partial charge in [-0.25, -0.2) is 9.69 Å². The number of imide groups is 1. The third kappa shape index (κ3) is 3.38. The van der Waals surface area contributed by atoms with Crippen LogP contribution < -0.4 is 16.0 Å². The number of likely N-dealkylation sites (tertiary alicyclic amines) is 1. The molecule has 0 aliphatic carbocycles. The summed E-state index contributed by atoms with van der Waals surface area (Å²) in [6, 6.07) is 18.3. The number of quaternary nitrogens is 1. The summed E-state index contributed by atoms with van der Waals surface area (Å²) in [5, 5.41) is 2.97. The van der Waals surface area contributed by atoms with E-state index in [1.807, 2.05) is 60.7 Å². The third-order valence-electron chi connectivity index (χ3n) is 6.00. The topological polar surface area (TPSA) is 96.9 Å². The van der Waals surface area contributed by atoms with E-state index in [4.69, 9.17) is 5.73 Å². The van der Waals surface area contributed by atoms with E-state index in [1.165, 1.54) is 4.90 Å². The lowest BCUT2D eigenvalue weighted by molar-refractivity contribution is -0.912. The molecule has 7 nitrogen and oxygen atoms in total. The van der Waals surface area contributed by atoms with Crippen LogP contribution in [0.1, 0.15) is 24.0 Å². The number of piperidine rings is 1. The van der Waals surface area contributed by atoms with Crippen LogP contribution in [0.4, 0.5) is 4.79 Å². The van der Waals surface area contributed by atoms with Crippen molar-refractivity contribution in [2.24, 2.45) is 11.7 Å². The van der Waals surface area contributed by atoms with Crippen molar-refractivity contribution in [2.45, 2.75) is 18.4 Å². The van der Waals surface area contributed by atoms with Gasteiger partial charge in [-0.1, -0.05) is 60.7 Å². The monoisotopic (exact) mass is 393 g/mol. The van der Waals surface area contributed by atoms with Gasteiger partial charge in [0.1, 0.15) is 0 Å². The number of benzene rings is 2. The van der Waals surface area contributed by atoms with E-state index >= 15 is 0 Å². The molecule has 0 unspecified atom stereocenters. The molecular formula is C22H25N4O3+. The molecular weight excluding hydrogens is 368 g/mol. The Morgan fingerprint density at radius 1 is 1.00 bits per heavy atom. The second-order valence-corrected chi connectivity index (χ2v) is 7.73. The summed E-state index contributed by atoms with van der Waals surface area (Å²) < 4.78 is 0. The molecule has 4 N–H and O–H groups in total. The zero-order valence-electron chi connectivity index (χ0n) is 16.1. The standard InChI is InChI=1S/C22H24N4O3/c23-19(27)16-11-13-25(14-12-16)15-26-20(28)22(24-21(26)29,17-7-3-1-4-8-17)18-9-5-2-6-10-18/h1-10,16H,11-15H2,(H2,23,27)(H,24,29)/p+1. The molecule has 2 aromatic rings. The van der Waals surface area contributed by atoms with Crippen LogP contribution in [0.25, 0.3) is 0 Å². The summed E-state index contributed by atoms with van der Waals surface area (Å²) in [7, 11) is 0. The molecule has 4 amide bonds. The number of hydrogen-bond acceptors (Lipinski definition) is 3. The molecule has 7 heteroatoms. The Balaban J connectivity index is 1.62. The summed E-state index contributed by atoms with van der Waals surface area (Å²) >= 11 is 0. The minimum absolute atomic E-state index is 0.116. The number of carbonyl (C=O) groups is 3. The van der Waals surface area contributed by atoms with E-state index in [0.717, 1.165) is 16.0 Å². The van der Waals surface area contributed by atoms with Crippen molar-refractivity contribution >= 4 is 17.8 Å². The zero-order valence-corrected chi connectivity index (χ0v) is 16.1. The number of urea groups is 1. The van der Waals surface area contributed by atoms with Crippen LogP contribution in [-0.4, -0.2) is 42.5 Å². The first-order chi connectivity index (χ1) is 14.0. The molecule has 0 radical (unpaired) electrons. The fraction of sp³-hybridized carbons (Fsp3) is 0.318. The Hall–Kier alpha value is -3.19. The van der Waals surface area contributed by atoms with E-state index in [-0.39, 0.29) is 24.4 Å². The zero-order chi connectivity index (χ0) is 20.4. The van der Waals surface area contributed by atoms with Crippen LogP contribution >= 0.6 is 0 Å². The molecule has 2 aliphatic rings. The Morgan fingerprint density at radius 3 is 2.00 bits per heavy atom. The maximum Gasteiger partial charge on any atom is 0.330 e. The normalized spacial score (nSPS) is 23.7. The van der Waals surface area contributed by atoms with Crippen molar-refractivity contribution in [3.63, 3.8) is 0 Å². The number of nitrogens with zero attached hydrogens (tertiary/aromatic N) is 1. The van der Waals surface area contributed by atoms with Gasteiger partial charge in [-0.3, -0.25) is 9.59 Å². The molecule has 4 rings (SSSR count). The highest BCUT2D eigenvalue weighted by molar-refractivity contribution is 6.09. The highest BCUT2D eigenvalue weighted by Gasteiger charge is 2.54. The summed E-state index contributed by atoms with van der Waals surface area (Å²) in [6.07, 6.45) is 1.35. The Labute approximate surface area is 169 Å². The van der Waals surface area contributed by atoms with E-state index < -0.39 is 11.6 Å². The van der Waals surface area contributed by atoms with Crippen LogP contribution in [0.5, 0.6) is 0 Å². The third-order valence-corrected chi connectivity index (χ3v) is 6.00. The van der Waals surface area contributed by atoms with Crippen molar-refractivity contribution in [2.75, 3.05) is 19.8 Å². The molecule has 0 atom stereocenters. The average Bonchev–Trinajstić information content (AvgIpc) is 3.01. The lowest BCUT2D eigenvalue weighted by atomic mass is 9.83. The van der Waals surface area contributed by atoms with Crippen LogP contribution in [0.15, 0.2) is 60.7 Å². The molecule has 2 aromatic carbocycles. The number of carbonyl (C=O) groups excluding carboxylic acids is 3. The van der Waals surface area contributed by atoms with E-state index in [0.29, 0.717) is 25.9 Å². The number of nitrogens with two attached hydrogens (primary N) is 1. The van der Waals surface area contributed by atoms with E-state index in [1.54, 1.807) is 0 Å².